The summed E-state index contributed by atoms with van der Waals surface area (Å²) in [4.78, 5) is 28.1. The van der Waals surface area contributed by atoms with Crippen LogP contribution in [-0.4, -0.2) is 27.6 Å². The number of nitrogens with zero attached hydrogens (tertiary/aromatic N) is 1. The molecule has 1 aromatic heterocycles. The lowest BCUT2D eigenvalue weighted by atomic mass is 10.1. The predicted molar refractivity (Wildman–Crippen MR) is 148 cm³/mol. The van der Waals surface area contributed by atoms with Gasteiger partial charge in [0.05, 0.1) is 9.93 Å². The lowest BCUT2D eigenvalue weighted by molar-refractivity contribution is -0.122. The molecule has 0 unspecified atom stereocenters. The van der Waals surface area contributed by atoms with Gasteiger partial charge in [-0.15, -0.1) is 11.3 Å². The van der Waals surface area contributed by atoms with Crippen LogP contribution in [0.1, 0.15) is 20.8 Å². The third kappa shape index (κ3) is 5.18. The second kappa shape index (κ2) is 10.3. The third-order valence-electron chi connectivity index (χ3n) is 5.45. The van der Waals surface area contributed by atoms with Gasteiger partial charge in [-0.2, -0.15) is 0 Å². The number of thiocarbonyl (C=S) groups is 1. The maximum absolute atomic E-state index is 12.9. The van der Waals surface area contributed by atoms with Crippen LogP contribution in [0, 0.1) is 0 Å². The minimum Gasteiger partial charge on any atom is -0.422 e. The smallest absolute Gasteiger partial charge is 0.355 e. The van der Waals surface area contributed by atoms with E-state index in [1.165, 1.54) is 23.1 Å². The van der Waals surface area contributed by atoms with Crippen LogP contribution in [0.25, 0.3) is 16.2 Å². The summed E-state index contributed by atoms with van der Waals surface area (Å²) >= 11 is 14.4. The second-order valence-corrected chi connectivity index (χ2v) is 10.9. The van der Waals surface area contributed by atoms with Crippen LogP contribution in [0.3, 0.4) is 0 Å². The number of halogens is 1. The molecule has 4 nitrogen and oxygen atoms in total. The quantitative estimate of drug-likeness (QED) is 0.113. The summed E-state index contributed by atoms with van der Waals surface area (Å²) in [5, 5.41) is 1.24. The van der Waals surface area contributed by atoms with Gasteiger partial charge in [0.2, 0.25) is 0 Å². The van der Waals surface area contributed by atoms with Gasteiger partial charge >= 0.3 is 5.97 Å². The fraction of sp³-hybridized carbons (Fsp3) is 0.0741. The number of rotatable bonds is 6. The van der Waals surface area contributed by atoms with E-state index >= 15 is 0 Å². The molecule has 1 aliphatic rings. The van der Waals surface area contributed by atoms with E-state index in [0.29, 0.717) is 31.4 Å². The van der Waals surface area contributed by atoms with Gasteiger partial charge in [0.15, 0.2) is 0 Å². The Morgan fingerprint density at radius 1 is 1.00 bits per heavy atom. The molecule has 1 saturated heterocycles. The van der Waals surface area contributed by atoms with Crippen molar-refractivity contribution < 1.29 is 14.3 Å². The minimum absolute atomic E-state index is 0.0918. The van der Waals surface area contributed by atoms with Crippen molar-refractivity contribution >= 4 is 79.3 Å². The third-order valence-corrected chi connectivity index (χ3v) is 8.48. The topological polar surface area (TPSA) is 46.6 Å². The SMILES string of the molecule is O=C(Oc1ccc(C=C2SC(=S)N(CCc3ccccc3)C2=O)cc1)c1sc2ccccc2c1Cl. The van der Waals surface area contributed by atoms with Crippen molar-refractivity contribution in [2.45, 2.75) is 6.42 Å². The predicted octanol–water partition coefficient (Wildman–Crippen LogP) is 7.22. The summed E-state index contributed by atoms with van der Waals surface area (Å²) in [5.74, 6) is -0.190. The Morgan fingerprint density at radius 3 is 2.46 bits per heavy atom. The first-order valence-electron chi connectivity index (χ1n) is 10.8. The molecule has 0 bridgehead atoms. The fourth-order valence-electron chi connectivity index (χ4n) is 3.66. The van der Waals surface area contributed by atoms with Crippen molar-refractivity contribution in [2.24, 2.45) is 0 Å². The Morgan fingerprint density at radius 2 is 1.71 bits per heavy atom. The number of carbonyl (C=O) groups excluding carboxylic acids is 2. The Kier molecular flexibility index (Phi) is 7.02. The molecule has 3 aromatic carbocycles. The van der Waals surface area contributed by atoms with E-state index in [9.17, 15) is 9.59 Å². The zero-order valence-corrected chi connectivity index (χ0v) is 21.5. The lowest BCUT2D eigenvalue weighted by Crippen LogP contribution is -2.30. The number of esters is 1. The standard InChI is InChI=1S/C27H18ClNO3S3/c28-23-20-8-4-5-9-21(20)34-24(23)26(31)32-19-12-10-18(11-13-19)16-22-25(30)29(27(33)35-22)15-14-17-6-2-1-3-7-17/h1-13,16H,14-15H2. The maximum Gasteiger partial charge on any atom is 0.355 e. The monoisotopic (exact) mass is 535 g/mol. The van der Waals surface area contributed by atoms with Gasteiger partial charge in [-0.25, -0.2) is 4.79 Å². The molecule has 0 N–H and O–H groups in total. The van der Waals surface area contributed by atoms with E-state index < -0.39 is 5.97 Å². The molecule has 0 aliphatic carbocycles. The molecule has 174 valence electrons. The Bertz CT molecular complexity index is 1460. The molecule has 0 spiro atoms. The first kappa shape index (κ1) is 23.8. The summed E-state index contributed by atoms with van der Waals surface area (Å²) in [6.07, 6.45) is 2.54. The van der Waals surface area contributed by atoms with Gasteiger partial charge in [0, 0.05) is 16.6 Å². The summed E-state index contributed by atoms with van der Waals surface area (Å²) in [5.41, 5.74) is 1.97. The molecule has 8 heteroatoms. The highest BCUT2D eigenvalue weighted by atomic mass is 35.5. The number of hydrogen-bond acceptors (Lipinski definition) is 6. The Balaban J connectivity index is 1.25. The van der Waals surface area contributed by atoms with Gasteiger partial charge in [-0.05, 0) is 41.8 Å². The number of hydrogen-bond donors (Lipinski definition) is 0. The molecular weight excluding hydrogens is 518 g/mol. The number of thiophene rings is 1. The zero-order chi connectivity index (χ0) is 24.4. The summed E-state index contributed by atoms with van der Waals surface area (Å²) in [6.45, 7) is 0.543. The highest BCUT2D eigenvalue weighted by Crippen LogP contribution is 2.36. The zero-order valence-electron chi connectivity index (χ0n) is 18.3. The molecule has 0 radical (unpaired) electrons. The number of fused-ring (bicyclic) bond motifs is 1. The summed E-state index contributed by atoms with van der Waals surface area (Å²) in [6, 6.07) is 24.6. The van der Waals surface area contributed by atoms with Crippen molar-refractivity contribution in [3.8, 4) is 5.75 Å². The van der Waals surface area contributed by atoms with E-state index in [0.717, 1.165) is 27.6 Å². The molecule has 4 aromatic rings. The van der Waals surface area contributed by atoms with Crippen LogP contribution >= 0.6 is 46.9 Å². The molecular formula is C27H18ClNO3S3. The Hall–Kier alpha value is -2.97. The van der Waals surface area contributed by atoms with Gasteiger partial charge in [-0.1, -0.05) is 96.2 Å². The average Bonchev–Trinajstić information content (AvgIpc) is 3.35. The highest BCUT2D eigenvalue weighted by molar-refractivity contribution is 8.26. The van der Waals surface area contributed by atoms with Crippen molar-refractivity contribution in [3.63, 3.8) is 0 Å². The molecule has 1 fully saturated rings. The largest absolute Gasteiger partial charge is 0.422 e. The van der Waals surface area contributed by atoms with E-state index in [2.05, 4.69) is 0 Å². The van der Waals surface area contributed by atoms with E-state index in [-0.39, 0.29) is 5.91 Å². The molecule has 1 amide bonds. The van der Waals surface area contributed by atoms with Gasteiger partial charge in [-0.3, -0.25) is 9.69 Å². The first-order valence-corrected chi connectivity index (χ1v) is 13.2. The van der Waals surface area contributed by atoms with Crippen molar-refractivity contribution in [1.29, 1.82) is 0 Å². The average molecular weight is 536 g/mol. The minimum atomic E-state index is -0.497. The lowest BCUT2D eigenvalue weighted by Gasteiger charge is -2.14. The molecule has 1 aliphatic heterocycles. The van der Waals surface area contributed by atoms with Crippen LogP contribution in [0.2, 0.25) is 5.02 Å². The highest BCUT2D eigenvalue weighted by Gasteiger charge is 2.31. The number of thioether (sulfide) groups is 1. The molecule has 2 heterocycles. The van der Waals surface area contributed by atoms with Gasteiger partial charge < -0.3 is 4.74 Å². The number of amides is 1. The van der Waals surface area contributed by atoms with Crippen molar-refractivity contribution in [1.82, 2.24) is 4.90 Å². The maximum atomic E-state index is 12.9. The van der Waals surface area contributed by atoms with Crippen LogP contribution in [0.15, 0.2) is 83.8 Å². The van der Waals surface area contributed by atoms with Crippen LogP contribution in [0.5, 0.6) is 5.75 Å². The van der Waals surface area contributed by atoms with Crippen molar-refractivity contribution in [3.05, 3.63) is 105 Å². The number of ether oxygens (including phenoxy) is 1. The molecule has 5 rings (SSSR count). The van der Waals surface area contributed by atoms with E-state index in [4.69, 9.17) is 28.6 Å². The van der Waals surface area contributed by atoms with E-state index in [1.807, 2.05) is 54.6 Å². The fourth-order valence-corrected chi connectivity index (χ4v) is 6.35. The first-order chi connectivity index (χ1) is 17.0. The second-order valence-electron chi connectivity index (χ2n) is 7.77. The summed E-state index contributed by atoms with van der Waals surface area (Å²) in [7, 11) is 0. The molecule has 0 atom stereocenters. The summed E-state index contributed by atoms with van der Waals surface area (Å²) < 4.78 is 7.02. The van der Waals surface area contributed by atoms with Crippen LogP contribution in [0.4, 0.5) is 0 Å². The van der Waals surface area contributed by atoms with Crippen molar-refractivity contribution in [2.75, 3.05) is 6.54 Å². The molecule has 35 heavy (non-hydrogen) atoms. The normalized spacial score (nSPS) is 14.8. The number of carbonyl (C=O) groups is 2. The van der Waals surface area contributed by atoms with Crippen LogP contribution < -0.4 is 4.74 Å². The van der Waals surface area contributed by atoms with E-state index in [1.54, 1.807) is 35.2 Å². The Labute approximate surface area is 221 Å². The van der Waals surface area contributed by atoms with Crippen LogP contribution in [-0.2, 0) is 11.2 Å². The van der Waals surface area contributed by atoms with Gasteiger partial charge in [0.1, 0.15) is 14.9 Å². The van der Waals surface area contributed by atoms with Gasteiger partial charge in [0.25, 0.3) is 5.91 Å². The molecule has 0 saturated carbocycles. The number of benzene rings is 3.